The van der Waals surface area contributed by atoms with E-state index in [4.69, 9.17) is 10.5 Å². The molecular weight excluding hydrogens is 332 g/mol. The zero-order valence-corrected chi connectivity index (χ0v) is 13.6. The zero-order chi connectivity index (χ0) is 15.4. The number of ether oxygens (including phenoxy) is 1. The van der Waals surface area contributed by atoms with E-state index in [9.17, 15) is 4.79 Å². The fraction of sp³-hybridized carbons (Fsp3) is 0.188. The molecule has 0 aliphatic rings. The minimum Gasteiger partial charge on any atom is -0.488 e. The van der Waals surface area contributed by atoms with Gasteiger partial charge in [0.15, 0.2) is 0 Å². The number of nitrogens with zero attached hydrogens (tertiary/aromatic N) is 1. The molecule has 2 N–H and O–H groups in total. The summed E-state index contributed by atoms with van der Waals surface area (Å²) in [6, 6.07) is 12.9. The van der Waals surface area contributed by atoms with Crippen LogP contribution in [0.4, 0.5) is 5.69 Å². The van der Waals surface area contributed by atoms with Crippen molar-refractivity contribution in [2.24, 2.45) is 0 Å². The second-order valence-corrected chi connectivity index (χ2v) is 5.79. The van der Waals surface area contributed by atoms with Crippen LogP contribution in [0.5, 0.6) is 5.75 Å². The minimum absolute atomic E-state index is 0.112. The lowest BCUT2D eigenvalue weighted by Gasteiger charge is -2.15. The summed E-state index contributed by atoms with van der Waals surface area (Å²) in [5, 5.41) is 0. The van der Waals surface area contributed by atoms with Crippen molar-refractivity contribution in [3.05, 3.63) is 58.1 Å². The number of carbonyl (C=O) groups excluding carboxylic acids is 1. The molecule has 21 heavy (non-hydrogen) atoms. The summed E-state index contributed by atoms with van der Waals surface area (Å²) in [5.41, 5.74) is 7.86. The van der Waals surface area contributed by atoms with E-state index in [2.05, 4.69) is 15.9 Å². The van der Waals surface area contributed by atoms with E-state index < -0.39 is 0 Å². The van der Waals surface area contributed by atoms with Crippen LogP contribution in [0.3, 0.4) is 0 Å². The van der Waals surface area contributed by atoms with E-state index in [1.807, 2.05) is 24.3 Å². The van der Waals surface area contributed by atoms with Crippen LogP contribution in [-0.2, 0) is 6.61 Å². The number of nitrogen functional groups attached to an aromatic ring is 1. The molecule has 0 fully saturated rings. The predicted octanol–water partition coefficient (Wildman–Crippen LogP) is 3.31. The Morgan fingerprint density at radius 2 is 2.00 bits per heavy atom. The van der Waals surface area contributed by atoms with Gasteiger partial charge in [0.1, 0.15) is 12.4 Å². The van der Waals surface area contributed by atoms with Gasteiger partial charge in [-0.2, -0.15) is 0 Å². The van der Waals surface area contributed by atoms with Crippen molar-refractivity contribution < 1.29 is 9.53 Å². The average Bonchev–Trinajstić information content (AvgIpc) is 2.44. The molecule has 110 valence electrons. The molecule has 2 rings (SSSR count). The van der Waals surface area contributed by atoms with Gasteiger partial charge in [0, 0.05) is 30.3 Å². The van der Waals surface area contributed by atoms with Gasteiger partial charge in [0.05, 0.1) is 5.56 Å². The van der Waals surface area contributed by atoms with Gasteiger partial charge in [0.2, 0.25) is 0 Å². The number of benzene rings is 2. The quantitative estimate of drug-likeness (QED) is 0.862. The lowest BCUT2D eigenvalue weighted by molar-refractivity contribution is 0.0823. The fourth-order valence-electron chi connectivity index (χ4n) is 1.86. The SMILES string of the molecule is CN(C)C(=O)c1ccc(N)cc1OCc1cccc(Br)c1. The van der Waals surface area contributed by atoms with Crippen molar-refractivity contribution in [2.45, 2.75) is 6.61 Å². The van der Waals surface area contributed by atoms with Crippen LogP contribution in [0.2, 0.25) is 0 Å². The van der Waals surface area contributed by atoms with Gasteiger partial charge in [-0.1, -0.05) is 28.1 Å². The maximum Gasteiger partial charge on any atom is 0.257 e. The third kappa shape index (κ3) is 3.98. The first-order valence-electron chi connectivity index (χ1n) is 6.46. The number of carbonyl (C=O) groups is 1. The maximum atomic E-state index is 12.1. The molecule has 0 aliphatic heterocycles. The van der Waals surface area contributed by atoms with Crippen LogP contribution in [0.15, 0.2) is 46.9 Å². The van der Waals surface area contributed by atoms with Gasteiger partial charge in [-0.25, -0.2) is 0 Å². The summed E-state index contributed by atoms with van der Waals surface area (Å²) in [6.45, 7) is 0.372. The molecule has 0 saturated carbocycles. The molecule has 0 aliphatic carbocycles. The van der Waals surface area contributed by atoms with E-state index in [0.717, 1.165) is 10.0 Å². The topological polar surface area (TPSA) is 55.6 Å². The first-order valence-corrected chi connectivity index (χ1v) is 7.25. The number of amides is 1. The van der Waals surface area contributed by atoms with Crippen LogP contribution >= 0.6 is 15.9 Å². The highest BCUT2D eigenvalue weighted by Crippen LogP contribution is 2.24. The van der Waals surface area contributed by atoms with Crippen LogP contribution in [0.1, 0.15) is 15.9 Å². The summed E-state index contributed by atoms with van der Waals surface area (Å²) < 4.78 is 6.77. The van der Waals surface area contributed by atoms with E-state index in [1.54, 1.807) is 32.3 Å². The lowest BCUT2D eigenvalue weighted by Crippen LogP contribution is -2.22. The Morgan fingerprint density at radius 3 is 2.67 bits per heavy atom. The Labute approximate surface area is 132 Å². The van der Waals surface area contributed by atoms with Crippen LogP contribution in [0, 0.1) is 0 Å². The molecule has 0 saturated heterocycles. The Bertz CT molecular complexity index is 656. The number of rotatable bonds is 4. The van der Waals surface area contributed by atoms with Crippen LogP contribution < -0.4 is 10.5 Å². The second-order valence-electron chi connectivity index (χ2n) is 4.87. The molecule has 0 aromatic heterocycles. The standard InChI is InChI=1S/C16H17BrN2O2/c1-19(2)16(20)14-7-6-13(18)9-15(14)21-10-11-4-3-5-12(17)8-11/h3-9H,10,18H2,1-2H3. The Morgan fingerprint density at radius 1 is 1.24 bits per heavy atom. The van der Waals surface area contributed by atoms with Crippen molar-refractivity contribution in [2.75, 3.05) is 19.8 Å². The van der Waals surface area contributed by atoms with Crippen molar-refractivity contribution in [3.63, 3.8) is 0 Å². The largest absolute Gasteiger partial charge is 0.488 e. The average molecular weight is 349 g/mol. The predicted molar refractivity (Wildman–Crippen MR) is 87.3 cm³/mol. The zero-order valence-electron chi connectivity index (χ0n) is 12.0. The highest BCUT2D eigenvalue weighted by molar-refractivity contribution is 9.10. The molecule has 0 unspecified atom stereocenters. The highest BCUT2D eigenvalue weighted by atomic mass is 79.9. The van der Waals surface area contributed by atoms with E-state index in [-0.39, 0.29) is 5.91 Å². The van der Waals surface area contributed by atoms with Gasteiger partial charge in [0.25, 0.3) is 5.91 Å². The van der Waals surface area contributed by atoms with Gasteiger partial charge in [-0.05, 0) is 29.8 Å². The summed E-state index contributed by atoms with van der Waals surface area (Å²) in [4.78, 5) is 13.7. The highest BCUT2D eigenvalue weighted by Gasteiger charge is 2.15. The van der Waals surface area contributed by atoms with Gasteiger partial charge in [-0.3, -0.25) is 4.79 Å². The van der Waals surface area contributed by atoms with E-state index in [0.29, 0.717) is 23.6 Å². The molecule has 2 aromatic carbocycles. The van der Waals surface area contributed by atoms with E-state index in [1.165, 1.54) is 4.90 Å². The monoisotopic (exact) mass is 348 g/mol. The van der Waals surface area contributed by atoms with Gasteiger partial charge >= 0.3 is 0 Å². The van der Waals surface area contributed by atoms with Gasteiger partial charge in [-0.15, -0.1) is 0 Å². The maximum absolute atomic E-state index is 12.1. The number of hydrogen-bond acceptors (Lipinski definition) is 3. The number of anilines is 1. The number of nitrogens with two attached hydrogens (primary N) is 1. The molecule has 0 radical (unpaired) electrons. The lowest BCUT2D eigenvalue weighted by atomic mass is 10.1. The molecule has 0 heterocycles. The molecule has 5 heteroatoms. The Kier molecular flexibility index (Phi) is 4.85. The molecule has 0 spiro atoms. The molecular formula is C16H17BrN2O2. The van der Waals surface area contributed by atoms with Crippen molar-refractivity contribution in [1.29, 1.82) is 0 Å². The summed E-state index contributed by atoms with van der Waals surface area (Å²) in [6.07, 6.45) is 0. The van der Waals surface area contributed by atoms with Crippen molar-refractivity contribution in [1.82, 2.24) is 4.90 Å². The normalized spacial score (nSPS) is 10.2. The molecule has 2 aromatic rings. The van der Waals surface area contributed by atoms with Gasteiger partial charge < -0.3 is 15.4 Å². The molecule has 4 nitrogen and oxygen atoms in total. The number of hydrogen-bond donors (Lipinski definition) is 1. The number of halogens is 1. The summed E-state index contributed by atoms with van der Waals surface area (Å²) in [5.74, 6) is 0.382. The van der Waals surface area contributed by atoms with Crippen molar-refractivity contribution in [3.8, 4) is 5.75 Å². The summed E-state index contributed by atoms with van der Waals surface area (Å²) >= 11 is 3.42. The Hall–Kier alpha value is -2.01. The fourth-order valence-corrected chi connectivity index (χ4v) is 2.31. The Balaban J connectivity index is 2.22. The van der Waals surface area contributed by atoms with Crippen LogP contribution in [0.25, 0.3) is 0 Å². The third-order valence-electron chi connectivity index (χ3n) is 2.93. The first kappa shape index (κ1) is 15.4. The molecule has 1 amide bonds. The van der Waals surface area contributed by atoms with Crippen molar-refractivity contribution >= 4 is 27.5 Å². The molecule has 0 bridgehead atoms. The second kappa shape index (κ2) is 6.63. The molecule has 0 atom stereocenters. The smallest absolute Gasteiger partial charge is 0.257 e. The summed E-state index contributed by atoms with van der Waals surface area (Å²) in [7, 11) is 3.41. The van der Waals surface area contributed by atoms with Crippen LogP contribution in [-0.4, -0.2) is 24.9 Å². The third-order valence-corrected chi connectivity index (χ3v) is 3.42. The minimum atomic E-state index is -0.112. The van der Waals surface area contributed by atoms with E-state index >= 15 is 0 Å². The first-order chi connectivity index (χ1) is 9.97.